The number of aromatic nitrogens is 2. The maximum Gasteiger partial charge on any atom is 0.292 e. The van der Waals surface area contributed by atoms with Crippen LogP contribution in [-0.2, 0) is 13.0 Å². The number of hydrogen-bond acceptors (Lipinski definition) is 6. The van der Waals surface area contributed by atoms with Gasteiger partial charge in [-0.3, -0.25) is 14.7 Å². The van der Waals surface area contributed by atoms with Crippen molar-refractivity contribution < 1.29 is 14.1 Å². The van der Waals surface area contributed by atoms with Crippen LogP contribution in [0.2, 0.25) is 0 Å². The van der Waals surface area contributed by atoms with Gasteiger partial charge in [0.2, 0.25) is 5.76 Å². The standard InChI is InChI=1S/C26H24N4O3/c31-26(24-16-22(28-33-24)19-6-7-23-20(15-19)8-14-32-23)30-12-10-29(11-13-30)17-21-4-1-3-18-5-2-9-27-25(18)21/h1-7,9,15-16H,8,10-14,17H2. The Kier molecular flexibility index (Phi) is 5.03. The van der Waals surface area contributed by atoms with Crippen molar-refractivity contribution in [3.05, 3.63) is 77.7 Å². The minimum absolute atomic E-state index is 0.107. The molecule has 0 saturated carbocycles. The first-order chi connectivity index (χ1) is 16.2. The van der Waals surface area contributed by atoms with E-state index in [9.17, 15) is 4.79 Å². The van der Waals surface area contributed by atoms with Gasteiger partial charge in [-0.05, 0) is 35.4 Å². The fourth-order valence-corrected chi connectivity index (χ4v) is 4.66. The molecule has 1 saturated heterocycles. The summed E-state index contributed by atoms with van der Waals surface area (Å²) < 4.78 is 11.0. The highest BCUT2D eigenvalue weighted by atomic mass is 16.5. The number of nitrogens with zero attached hydrogens (tertiary/aromatic N) is 4. The van der Waals surface area contributed by atoms with Crippen LogP contribution in [0.15, 0.2) is 65.3 Å². The molecule has 2 aliphatic rings. The summed E-state index contributed by atoms with van der Waals surface area (Å²) in [4.78, 5) is 21.8. The molecule has 0 atom stereocenters. The quantitative estimate of drug-likeness (QED) is 0.481. The maximum atomic E-state index is 13.0. The van der Waals surface area contributed by atoms with Crippen LogP contribution in [-0.4, -0.2) is 58.6 Å². The van der Waals surface area contributed by atoms with Crippen LogP contribution in [0.1, 0.15) is 21.7 Å². The van der Waals surface area contributed by atoms with E-state index in [1.54, 1.807) is 6.07 Å². The number of rotatable bonds is 4. The van der Waals surface area contributed by atoms with Gasteiger partial charge in [-0.15, -0.1) is 0 Å². The molecule has 0 aliphatic carbocycles. The average molecular weight is 441 g/mol. The first-order valence-electron chi connectivity index (χ1n) is 11.3. The number of benzene rings is 2. The lowest BCUT2D eigenvalue weighted by atomic mass is 10.1. The van der Waals surface area contributed by atoms with E-state index >= 15 is 0 Å². The summed E-state index contributed by atoms with van der Waals surface area (Å²) >= 11 is 0. The fraction of sp³-hybridized carbons (Fsp3) is 0.269. The van der Waals surface area contributed by atoms with Gasteiger partial charge in [-0.25, -0.2) is 0 Å². The topological polar surface area (TPSA) is 71.7 Å². The van der Waals surface area contributed by atoms with Crippen LogP contribution in [0.3, 0.4) is 0 Å². The van der Waals surface area contributed by atoms with Crippen molar-refractivity contribution in [3.8, 4) is 17.0 Å². The Labute approximate surface area is 191 Å². The minimum Gasteiger partial charge on any atom is -0.493 e. The van der Waals surface area contributed by atoms with Gasteiger partial charge in [-0.1, -0.05) is 29.4 Å². The third-order valence-corrected chi connectivity index (χ3v) is 6.48. The number of para-hydroxylation sites is 1. The van der Waals surface area contributed by atoms with Gasteiger partial charge >= 0.3 is 0 Å². The van der Waals surface area contributed by atoms with E-state index in [1.165, 1.54) is 11.1 Å². The molecule has 33 heavy (non-hydrogen) atoms. The minimum atomic E-state index is -0.107. The summed E-state index contributed by atoms with van der Waals surface area (Å²) in [6.45, 7) is 4.46. The van der Waals surface area contributed by atoms with Crippen LogP contribution in [0.25, 0.3) is 22.2 Å². The molecule has 7 heteroatoms. The lowest BCUT2D eigenvalue weighted by Gasteiger charge is -2.34. The Hall–Kier alpha value is -3.71. The first-order valence-corrected chi connectivity index (χ1v) is 11.3. The SMILES string of the molecule is O=C(c1cc(-c2ccc3c(c2)CCO3)no1)N1CCN(Cc2cccc3cccnc23)CC1. The lowest BCUT2D eigenvalue weighted by molar-refractivity contribution is 0.0589. The van der Waals surface area contributed by atoms with E-state index in [-0.39, 0.29) is 11.7 Å². The van der Waals surface area contributed by atoms with Crippen molar-refractivity contribution >= 4 is 16.8 Å². The number of carbonyl (C=O) groups excluding carboxylic acids is 1. The van der Waals surface area contributed by atoms with E-state index in [2.05, 4.69) is 45.4 Å². The average Bonchev–Trinajstić information content (AvgIpc) is 3.54. The van der Waals surface area contributed by atoms with E-state index in [1.807, 2.05) is 29.3 Å². The van der Waals surface area contributed by atoms with Gasteiger partial charge in [0.1, 0.15) is 11.4 Å². The number of fused-ring (bicyclic) bond motifs is 2. The molecule has 0 spiro atoms. The fourth-order valence-electron chi connectivity index (χ4n) is 4.66. The van der Waals surface area contributed by atoms with E-state index < -0.39 is 0 Å². The Morgan fingerprint density at radius 2 is 1.88 bits per heavy atom. The van der Waals surface area contributed by atoms with Crippen molar-refractivity contribution in [2.24, 2.45) is 0 Å². The lowest BCUT2D eigenvalue weighted by Crippen LogP contribution is -2.48. The van der Waals surface area contributed by atoms with Crippen LogP contribution >= 0.6 is 0 Å². The van der Waals surface area contributed by atoms with Crippen LogP contribution in [0.4, 0.5) is 0 Å². The summed E-state index contributed by atoms with van der Waals surface area (Å²) in [6, 6.07) is 18.1. The van der Waals surface area contributed by atoms with Crippen molar-refractivity contribution in [3.63, 3.8) is 0 Å². The monoisotopic (exact) mass is 440 g/mol. The number of piperazine rings is 1. The molecular weight excluding hydrogens is 416 g/mol. The molecule has 0 bridgehead atoms. The molecule has 7 nitrogen and oxygen atoms in total. The molecule has 4 aromatic rings. The molecule has 2 aromatic heterocycles. The largest absolute Gasteiger partial charge is 0.493 e. The summed E-state index contributed by atoms with van der Waals surface area (Å²) in [6.07, 6.45) is 2.73. The normalized spacial score (nSPS) is 16.1. The summed E-state index contributed by atoms with van der Waals surface area (Å²) in [5, 5.41) is 5.30. The molecule has 1 fully saturated rings. The van der Waals surface area contributed by atoms with E-state index in [0.717, 1.165) is 48.3 Å². The summed E-state index contributed by atoms with van der Waals surface area (Å²) in [5.74, 6) is 1.11. The van der Waals surface area contributed by atoms with Crippen molar-refractivity contribution in [1.29, 1.82) is 0 Å². The highest BCUT2D eigenvalue weighted by molar-refractivity contribution is 5.92. The third kappa shape index (κ3) is 3.85. The van der Waals surface area contributed by atoms with Crippen molar-refractivity contribution in [2.75, 3.05) is 32.8 Å². The number of hydrogen-bond donors (Lipinski definition) is 0. The second kappa shape index (κ2) is 8.33. The molecule has 0 radical (unpaired) electrons. The molecule has 6 rings (SSSR count). The maximum absolute atomic E-state index is 13.0. The predicted molar refractivity (Wildman–Crippen MR) is 124 cm³/mol. The van der Waals surface area contributed by atoms with Crippen molar-refractivity contribution in [1.82, 2.24) is 19.9 Å². The Morgan fingerprint density at radius 3 is 2.79 bits per heavy atom. The zero-order valence-electron chi connectivity index (χ0n) is 18.2. The second-order valence-corrected chi connectivity index (χ2v) is 8.56. The number of amides is 1. The van der Waals surface area contributed by atoms with Gasteiger partial charge in [0.05, 0.1) is 12.1 Å². The highest BCUT2D eigenvalue weighted by Gasteiger charge is 2.26. The number of ether oxygens (including phenoxy) is 1. The smallest absolute Gasteiger partial charge is 0.292 e. The second-order valence-electron chi connectivity index (χ2n) is 8.56. The summed E-state index contributed by atoms with van der Waals surface area (Å²) in [5.41, 5.74) is 5.05. The van der Waals surface area contributed by atoms with Crippen LogP contribution in [0, 0.1) is 0 Å². The Morgan fingerprint density at radius 1 is 1.00 bits per heavy atom. The van der Waals surface area contributed by atoms with Crippen LogP contribution in [0.5, 0.6) is 5.75 Å². The van der Waals surface area contributed by atoms with E-state index in [0.29, 0.717) is 25.4 Å². The van der Waals surface area contributed by atoms with Crippen molar-refractivity contribution in [2.45, 2.75) is 13.0 Å². The molecule has 4 heterocycles. The molecule has 0 unspecified atom stereocenters. The van der Waals surface area contributed by atoms with Crippen LogP contribution < -0.4 is 4.74 Å². The van der Waals surface area contributed by atoms with Gasteiger partial charge in [0.25, 0.3) is 5.91 Å². The molecular formula is C26H24N4O3. The highest BCUT2D eigenvalue weighted by Crippen LogP contribution is 2.30. The molecule has 2 aromatic carbocycles. The van der Waals surface area contributed by atoms with E-state index in [4.69, 9.17) is 9.26 Å². The molecule has 166 valence electrons. The number of pyridine rings is 1. The van der Waals surface area contributed by atoms with Gasteiger partial charge in [-0.2, -0.15) is 0 Å². The summed E-state index contributed by atoms with van der Waals surface area (Å²) in [7, 11) is 0. The molecule has 1 amide bonds. The molecule has 0 N–H and O–H groups in total. The third-order valence-electron chi connectivity index (χ3n) is 6.48. The zero-order chi connectivity index (χ0) is 22.2. The Bertz CT molecular complexity index is 1320. The van der Waals surface area contributed by atoms with Gasteiger partial charge < -0.3 is 14.2 Å². The first kappa shape index (κ1) is 19.9. The zero-order valence-corrected chi connectivity index (χ0v) is 18.2. The number of carbonyl (C=O) groups is 1. The van der Waals surface area contributed by atoms with Gasteiger partial charge in [0.15, 0.2) is 0 Å². The van der Waals surface area contributed by atoms with Gasteiger partial charge in [0, 0.05) is 62.4 Å². The predicted octanol–water partition coefficient (Wildman–Crippen LogP) is 3.78. The molecule has 2 aliphatic heterocycles. The Balaban J connectivity index is 1.10.